The molecule has 4 rings (SSSR count). The summed E-state index contributed by atoms with van der Waals surface area (Å²) in [6, 6.07) is 7.64. The quantitative estimate of drug-likeness (QED) is 0.341. The van der Waals surface area contributed by atoms with Gasteiger partial charge in [-0.25, -0.2) is 9.97 Å². The van der Waals surface area contributed by atoms with Crippen molar-refractivity contribution in [2.45, 2.75) is 39.2 Å². The number of halogens is 3. The zero-order valence-corrected chi connectivity index (χ0v) is 17.5. The van der Waals surface area contributed by atoms with Crippen molar-refractivity contribution in [3.63, 3.8) is 0 Å². The standard InChI is InChI=1S/C19H19BrCl2N4/c1-11-5-7-12(8-6-11)10-26-16-15(13-3-2-4-14(21)9-13)23-19(22)25-17(16)24-18(26)20/h2-4,9,11-12H,5-8,10H2,1H3. The van der Waals surface area contributed by atoms with Gasteiger partial charge in [0, 0.05) is 17.1 Å². The Kier molecular flexibility index (Phi) is 5.22. The van der Waals surface area contributed by atoms with E-state index in [1.54, 1.807) is 0 Å². The van der Waals surface area contributed by atoms with Crippen molar-refractivity contribution in [2.24, 2.45) is 11.8 Å². The molecule has 1 saturated carbocycles. The van der Waals surface area contributed by atoms with Crippen molar-refractivity contribution in [3.8, 4) is 11.3 Å². The lowest BCUT2D eigenvalue weighted by Gasteiger charge is -2.26. The summed E-state index contributed by atoms with van der Waals surface area (Å²) in [7, 11) is 0. The van der Waals surface area contributed by atoms with Crippen LogP contribution >= 0.6 is 39.1 Å². The van der Waals surface area contributed by atoms with Gasteiger partial charge in [0.2, 0.25) is 5.28 Å². The number of hydrogen-bond acceptors (Lipinski definition) is 3. The first-order valence-electron chi connectivity index (χ1n) is 8.86. The Balaban J connectivity index is 1.81. The predicted molar refractivity (Wildman–Crippen MR) is 110 cm³/mol. The molecule has 2 heterocycles. The van der Waals surface area contributed by atoms with Crippen LogP contribution < -0.4 is 0 Å². The third kappa shape index (κ3) is 3.62. The van der Waals surface area contributed by atoms with E-state index < -0.39 is 0 Å². The Morgan fingerprint density at radius 1 is 1.12 bits per heavy atom. The molecule has 0 spiro atoms. The fourth-order valence-electron chi connectivity index (χ4n) is 3.76. The summed E-state index contributed by atoms with van der Waals surface area (Å²) < 4.78 is 2.95. The molecule has 4 nitrogen and oxygen atoms in total. The van der Waals surface area contributed by atoms with Gasteiger partial charge in [-0.1, -0.05) is 43.5 Å². The number of imidazole rings is 1. The van der Waals surface area contributed by atoms with Crippen molar-refractivity contribution < 1.29 is 0 Å². The zero-order valence-electron chi connectivity index (χ0n) is 14.4. The highest BCUT2D eigenvalue weighted by Gasteiger charge is 2.23. The van der Waals surface area contributed by atoms with E-state index in [4.69, 9.17) is 23.2 Å². The van der Waals surface area contributed by atoms with E-state index in [1.807, 2.05) is 24.3 Å². The van der Waals surface area contributed by atoms with Crippen LogP contribution in [0.5, 0.6) is 0 Å². The monoisotopic (exact) mass is 452 g/mol. The van der Waals surface area contributed by atoms with Crippen LogP contribution in [0.4, 0.5) is 0 Å². The van der Waals surface area contributed by atoms with Crippen molar-refractivity contribution in [3.05, 3.63) is 39.3 Å². The summed E-state index contributed by atoms with van der Waals surface area (Å²) in [5.74, 6) is 1.47. The zero-order chi connectivity index (χ0) is 18.3. The molecule has 0 amide bonds. The Hall–Kier alpha value is -1.17. The summed E-state index contributed by atoms with van der Waals surface area (Å²) in [6.45, 7) is 3.24. The lowest BCUT2D eigenvalue weighted by Crippen LogP contribution is -2.18. The molecule has 26 heavy (non-hydrogen) atoms. The van der Waals surface area contributed by atoms with Gasteiger partial charge in [0.1, 0.15) is 11.2 Å². The van der Waals surface area contributed by atoms with E-state index in [9.17, 15) is 0 Å². The van der Waals surface area contributed by atoms with Crippen molar-refractivity contribution in [2.75, 3.05) is 0 Å². The van der Waals surface area contributed by atoms with Crippen LogP contribution in [0.2, 0.25) is 10.3 Å². The highest BCUT2D eigenvalue weighted by molar-refractivity contribution is 9.10. The van der Waals surface area contributed by atoms with Crippen molar-refractivity contribution >= 4 is 50.3 Å². The van der Waals surface area contributed by atoms with Gasteiger partial charge < -0.3 is 4.57 Å². The number of nitrogens with zero attached hydrogens (tertiary/aromatic N) is 4. The molecule has 136 valence electrons. The second-order valence-corrected chi connectivity index (χ2v) is 8.62. The van der Waals surface area contributed by atoms with Gasteiger partial charge in [0.15, 0.2) is 10.4 Å². The predicted octanol–water partition coefficient (Wildman–Crippen LogP) is 6.39. The third-order valence-corrected chi connectivity index (χ3v) is 6.21. The fraction of sp³-hybridized carbons (Fsp3) is 0.421. The molecule has 0 bridgehead atoms. The SMILES string of the molecule is CC1CCC(Cn2c(Br)nc3nc(Cl)nc(-c4cccc(Cl)c4)c32)CC1. The van der Waals surface area contributed by atoms with E-state index in [0.717, 1.165) is 34.0 Å². The molecule has 1 aromatic carbocycles. The molecule has 3 aromatic rings. The van der Waals surface area contributed by atoms with E-state index >= 15 is 0 Å². The number of hydrogen-bond donors (Lipinski definition) is 0. The summed E-state index contributed by atoms with van der Waals surface area (Å²) in [6.07, 6.45) is 5.07. The van der Waals surface area contributed by atoms with Crippen molar-refractivity contribution in [1.29, 1.82) is 0 Å². The van der Waals surface area contributed by atoms with Crippen LogP contribution in [0.3, 0.4) is 0 Å². The van der Waals surface area contributed by atoms with Crippen LogP contribution in [0.25, 0.3) is 22.4 Å². The molecule has 0 N–H and O–H groups in total. The molecule has 0 unspecified atom stereocenters. The topological polar surface area (TPSA) is 43.6 Å². The summed E-state index contributed by atoms with van der Waals surface area (Å²) in [5.41, 5.74) is 3.20. The highest BCUT2D eigenvalue weighted by Crippen LogP contribution is 2.34. The number of benzene rings is 1. The number of fused-ring (bicyclic) bond motifs is 1. The second kappa shape index (κ2) is 7.45. The van der Waals surface area contributed by atoms with Gasteiger partial charge in [0.05, 0.1) is 0 Å². The van der Waals surface area contributed by atoms with E-state index in [2.05, 4.69) is 42.4 Å². The Morgan fingerprint density at radius 2 is 1.88 bits per heavy atom. The lowest BCUT2D eigenvalue weighted by atomic mass is 9.83. The van der Waals surface area contributed by atoms with Gasteiger partial charge in [-0.3, -0.25) is 0 Å². The fourth-order valence-corrected chi connectivity index (χ4v) is 4.60. The molecule has 2 aromatic heterocycles. The average molecular weight is 454 g/mol. The molecule has 0 aliphatic heterocycles. The van der Waals surface area contributed by atoms with Gasteiger partial charge >= 0.3 is 0 Å². The van der Waals surface area contributed by atoms with Gasteiger partial charge in [-0.2, -0.15) is 4.98 Å². The molecule has 1 fully saturated rings. The van der Waals surface area contributed by atoms with Crippen LogP contribution in [0.15, 0.2) is 29.0 Å². The Morgan fingerprint density at radius 3 is 2.62 bits per heavy atom. The third-order valence-electron chi connectivity index (χ3n) is 5.20. The molecular weight excluding hydrogens is 435 g/mol. The Labute approximate surface area is 171 Å². The van der Waals surface area contributed by atoms with Gasteiger partial charge in [0.25, 0.3) is 0 Å². The second-order valence-electron chi connectivity index (χ2n) is 7.14. The number of rotatable bonds is 3. The molecule has 7 heteroatoms. The van der Waals surface area contributed by atoms with Crippen molar-refractivity contribution in [1.82, 2.24) is 19.5 Å². The summed E-state index contributed by atoms with van der Waals surface area (Å²) >= 11 is 16.0. The first kappa shape index (κ1) is 18.2. The maximum absolute atomic E-state index is 6.19. The van der Waals surface area contributed by atoms with Crippen LogP contribution in [-0.4, -0.2) is 19.5 Å². The largest absolute Gasteiger partial charge is 0.315 e. The maximum Gasteiger partial charge on any atom is 0.225 e. The molecule has 1 aliphatic carbocycles. The summed E-state index contributed by atoms with van der Waals surface area (Å²) in [4.78, 5) is 13.4. The average Bonchev–Trinajstić information content (AvgIpc) is 2.91. The molecule has 1 aliphatic rings. The molecule has 0 saturated heterocycles. The van der Waals surface area contributed by atoms with E-state index in [1.165, 1.54) is 25.7 Å². The van der Waals surface area contributed by atoms with Crippen LogP contribution in [0, 0.1) is 11.8 Å². The molecule has 0 atom stereocenters. The van der Waals surface area contributed by atoms with Gasteiger partial charge in [-0.15, -0.1) is 0 Å². The maximum atomic E-state index is 6.19. The summed E-state index contributed by atoms with van der Waals surface area (Å²) in [5, 5.41) is 0.855. The van der Waals surface area contributed by atoms with Gasteiger partial charge in [-0.05, 0) is 64.3 Å². The number of aromatic nitrogens is 4. The first-order valence-corrected chi connectivity index (χ1v) is 10.4. The van der Waals surface area contributed by atoms with E-state index in [0.29, 0.717) is 16.6 Å². The van der Waals surface area contributed by atoms with E-state index in [-0.39, 0.29) is 5.28 Å². The highest BCUT2D eigenvalue weighted by atomic mass is 79.9. The normalized spacial score (nSPS) is 20.6. The minimum atomic E-state index is 0.191. The Bertz CT molecular complexity index is 948. The minimum absolute atomic E-state index is 0.191. The van der Waals surface area contributed by atoms with Crippen LogP contribution in [0.1, 0.15) is 32.6 Å². The first-order chi connectivity index (χ1) is 12.5. The minimum Gasteiger partial charge on any atom is -0.315 e. The lowest BCUT2D eigenvalue weighted by molar-refractivity contribution is 0.265. The molecule has 0 radical (unpaired) electrons. The van der Waals surface area contributed by atoms with Crippen LogP contribution in [-0.2, 0) is 6.54 Å². The molecular formula is C19H19BrCl2N4. The smallest absolute Gasteiger partial charge is 0.225 e.